The smallest absolute Gasteiger partial charge is 0.244 e. The van der Waals surface area contributed by atoms with Gasteiger partial charge in [-0.3, -0.25) is 34.1 Å². The van der Waals surface area contributed by atoms with Crippen LogP contribution in [0.15, 0.2) is 12.7 Å². The Kier molecular flexibility index (Phi) is 27.2. The first kappa shape index (κ1) is 60.9. The summed E-state index contributed by atoms with van der Waals surface area (Å²) in [6.45, 7) is 13.3. The Hall–Kier alpha value is -3.41. The molecule has 0 aromatic rings. The Bertz CT molecular complexity index is 1680. The highest BCUT2D eigenvalue weighted by atomic mass is 16.5. The summed E-state index contributed by atoms with van der Waals surface area (Å²) in [5.41, 5.74) is 0. The molecule has 3 aliphatic heterocycles. The number of hydrogen-bond donors (Lipinski definition) is 9. The molecule has 70 heavy (non-hydrogen) atoms. The number of ketones is 1. The maximum atomic E-state index is 14.3. The molecule has 20 nitrogen and oxygen atoms in total. The second-order valence-corrected chi connectivity index (χ2v) is 19.1. The fourth-order valence-electron chi connectivity index (χ4n) is 9.44. The molecule has 0 aliphatic carbocycles. The van der Waals surface area contributed by atoms with Gasteiger partial charge in [-0.25, -0.2) is 0 Å². The van der Waals surface area contributed by atoms with Crippen LogP contribution in [-0.4, -0.2) is 198 Å². The van der Waals surface area contributed by atoms with Gasteiger partial charge in [0.05, 0.1) is 130 Å². The highest BCUT2D eigenvalue weighted by molar-refractivity contribution is 6.13. The van der Waals surface area contributed by atoms with E-state index in [4.69, 9.17) is 42.5 Å². The van der Waals surface area contributed by atoms with E-state index in [0.29, 0.717) is 70.8 Å². The van der Waals surface area contributed by atoms with Gasteiger partial charge in [-0.2, -0.15) is 0 Å². The molecule has 0 bridgehead atoms. The maximum Gasteiger partial charge on any atom is 0.244 e. The molecular formula is C47H80B3N7O13. The summed E-state index contributed by atoms with van der Waals surface area (Å²) in [4.78, 5) is 77.4. The minimum atomic E-state index is -0.972. The van der Waals surface area contributed by atoms with E-state index in [-0.39, 0.29) is 75.0 Å². The van der Waals surface area contributed by atoms with Gasteiger partial charge in [-0.15, -0.1) is 0 Å². The zero-order chi connectivity index (χ0) is 52.1. The van der Waals surface area contributed by atoms with Crippen molar-refractivity contribution in [3.8, 4) is 0 Å². The molecule has 3 heterocycles. The highest BCUT2D eigenvalue weighted by Crippen LogP contribution is 2.33. The Morgan fingerprint density at radius 1 is 0.671 bits per heavy atom. The topological polar surface area (TPSA) is 275 Å². The predicted octanol–water partition coefficient (Wildman–Crippen LogP) is -0.856. The SMILES string of the molecule is [B]C1C(O)C(C)OC(CCCCNCC(=O)N(CCCCC2OC(C)C(O)C([B])C2NC(C)=O)CC(=O)C(CCCCC2OC(C)C(O)C([B])C2NC(C)=O)COCNCNC(=O)C=C)C1NC(C)=O. The van der Waals surface area contributed by atoms with Crippen molar-refractivity contribution < 1.29 is 63.0 Å². The fourth-order valence-corrected chi connectivity index (χ4v) is 9.44. The van der Waals surface area contributed by atoms with Crippen LogP contribution in [0.3, 0.4) is 0 Å². The van der Waals surface area contributed by atoms with Crippen molar-refractivity contribution in [2.45, 2.75) is 196 Å². The van der Waals surface area contributed by atoms with Crippen LogP contribution in [0.1, 0.15) is 106 Å². The van der Waals surface area contributed by atoms with Gasteiger partial charge in [0.15, 0.2) is 5.78 Å². The van der Waals surface area contributed by atoms with E-state index in [2.05, 4.69) is 38.5 Å². The molecule has 390 valence electrons. The Labute approximate surface area is 418 Å². The van der Waals surface area contributed by atoms with Gasteiger partial charge in [0.2, 0.25) is 29.5 Å². The molecule has 0 aromatic heterocycles. The van der Waals surface area contributed by atoms with Crippen molar-refractivity contribution >= 4 is 58.9 Å². The second kappa shape index (κ2) is 31.2. The number of unbranched alkanes of at least 4 members (excludes halogenated alkanes) is 3. The molecule has 9 N–H and O–H groups in total. The lowest BCUT2D eigenvalue weighted by atomic mass is 9.70. The monoisotopic (exact) mass is 984 g/mol. The lowest BCUT2D eigenvalue weighted by molar-refractivity contribution is -0.138. The van der Waals surface area contributed by atoms with Crippen LogP contribution < -0.4 is 31.9 Å². The average molecular weight is 984 g/mol. The standard InChI is InChI=1S/C47H80B3N7O13/c1-8-37(62)53-24-52-25-67-23-32(15-9-10-16-34-42(54-29(5)58)39(48)45(64)26(2)68-34)33(61)22-57(20-14-12-18-36-44(56-31(7)60)41(50)47(66)28(4)70-36)38(63)21-51-19-13-11-17-35-43(55-30(6)59)40(49)46(65)27(3)69-35/h8,26-28,32,34-36,39-47,51-52,64-66H,1,9-25H2,2-7H3,(H,53,62)(H,54,58)(H,55,59)(H,56,60). The largest absolute Gasteiger partial charge is 0.391 e. The van der Waals surface area contributed by atoms with Gasteiger partial charge in [0.25, 0.3) is 0 Å². The quantitative estimate of drug-likeness (QED) is 0.0184. The van der Waals surface area contributed by atoms with Crippen LogP contribution in [-0.2, 0) is 47.7 Å². The number of aliphatic hydroxyl groups excluding tert-OH is 3. The molecule has 3 fully saturated rings. The molecule has 3 aliphatic rings. The Morgan fingerprint density at radius 2 is 1.11 bits per heavy atom. The second-order valence-electron chi connectivity index (χ2n) is 19.1. The molecule has 0 spiro atoms. The number of amides is 5. The van der Waals surface area contributed by atoms with Crippen LogP contribution in [0, 0.1) is 5.92 Å². The van der Waals surface area contributed by atoms with E-state index >= 15 is 0 Å². The zero-order valence-electron chi connectivity index (χ0n) is 42.1. The van der Waals surface area contributed by atoms with Crippen molar-refractivity contribution in [1.82, 2.24) is 36.8 Å². The van der Waals surface area contributed by atoms with Crippen molar-refractivity contribution in [3.63, 3.8) is 0 Å². The van der Waals surface area contributed by atoms with Gasteiger partial charge in [0, 0.05) is 33.2 Å². The number of rotatable bonds is 30. The number of nitrogens with one attached hydrogen (secondary N) is 6. The van der Waals surface area contributed by atoms with Crippen molar-refractivity contribution in [2.24, 2.45) is 5.92 Å². The van der Waals surface area contributed by atoms with Gasteiger partial charge in [-0.05, 0) is 102 Å². The molecule has 0 aromatic carbocycles. The first-order chi connectivity index (χ1) is 33.2. The number of ether oxygens (including phenoxy) is 4. The number of aliphatic hydroxyl groups is 3. The summed E-state index contributed by atoms with van der Waals surface area (Å²) in [6.07, 6.45) is 0.754. The number of carbonyl (C=O) groups excluding carboxylic acids is 6. The van der Waals surface area contributed by atoms with Crippen molar-refractivity contribution in [2.75, 3.05) is 46.2 Å². The third-order valence-corrected chi connectivity index (χ3v) is 13.4. The van der Waals surface area contributed by atoms with Crippen LogP contribution >= 0.6 is 0 Å². The minimum Gasteiger partial charge on any atom is -0.391 e. The molecule has 5 amide bonds. The first-order valence-electron chi connectivity index (χ1n) is 24.9. The summed E-state index contributed by atoms with van der Waals surface area (Å²) in [5.74, 6) is -4.56. The Morgan fingerprint density at radius 3 is 1.56 bits per heavy atom. The van der Waals surface area contributed by atoms with Gasteiger partial charge in [0.1, 0.15) is 0 Å². The molecule has 6 radical (unpaired) electrons. The van der Waals surface area contributed by atoms with Crippen molar-refractivity contribution in [1.29, 1.82) is 0 Å². The molecule has 23 heteroatoms. The molecular weight excluding hydrogens is 903 g/mol. The zero-order valence-corrected chi connectivity index (χ0v) is 42.1. The summed E-state index contributed by atoms with van der Waals surface area (Å²) >= 11 is 0. The van der Waals surface area contributed by atoms with E-state index in [0.717, 1.165) is 6.08 Å². The molecule has 16 atom stereocenters. The average Bonchev–Trinajstić information content (AvgIpc) is 3.30. The van der Waals surface area contributed by atoms with Crippen LogP contribution in [0.2, 0.25) is 17.5 Å². The number of carbonyl (C=O) groups is 6. The van der Waals surface area contributed by atoms with Crippen LogP contribution in [0.25, 0.3) is 0 Å². The van der Waals surface area contributed by atoms with Crippen LogP contribution in [0.5, 0.6) is 0 Å². The summed E-state index contributed by atoms with van der Waals surface area (Å²) < 4.78 is 24.0. The molecule has 16 unspecified atom stereocenters. The first-order valence-corrected chi connectivity index (χ1v) is 24.9. The van der Waals surface area contributed by atoms with E-state index in [1.807, 2.05) is 0 Å². The predicted molar refractivity (Wildman–Crippen MR) is 264 cm³/mol. The van der Waals surface area contributed by atoms with E-state index in [1.165, 1.54) is 25.7 Å². The fraction of sp³-hybridized carbons (Fsp3) is 0.830. The van der Waals surface area contributed by atoms with E-state index in [9.17, 15) is 44.1 Å². The van der Waals surface area contributed by atoms with Crippen molar-refractivity contribution in [3.05, 3.63) is 12.7 Å². The lowest BCUT2D eigenvalue weighted by Crippen LogP contribution is -2.57. The molecule has 3 saturated heterocycles. The molecule has 3 rings (SSSR count). The summed E-state index contributed by atoms with van der Waals surface area (Å²) in [5, 5.41) is 48.7. The normalized spacial score (nSPS) is 31.4. The number of hydrogen-bond acceptors (Lipinski definition) is 15. The maximum absolute atomic E-state index is 14.3. The van der Waals surface area contributed by atoms with E-state index in [1.54, 1.807) is 20.8 Å². The van der Waals surface area contributed by atoms with Crippen LogP contribution in [0.4, 0.5) is 0 Å². The number of nitrogens with zero attached hydrogens (tertiary/aromatic N) is 1. The summed E-state index contributed by atoms with van der Waals surface area (Å²) in [7, 11) is 18.9. The van der Waals surface area contributed by atoms with E-state index < -0.39 is 96.4 Å². The summed E-state index contributed by atoms with van der Waals surface area (Å²) in [6, 6.07) is -1.79. The molecule has 0 saturated carbocycles. The number of Topliss-reactive ketones (excluding diaryl/α,β-unsaturated/α-hetero) is 1. The highest BCUT2D eigenvalue weighted by Gasteiger charge is 2.43. The third-order valence-electron chi connectivity index (χ3n) is 13.4. The van der Waals surface area contributed by atoms with Gasteiger partial charge in [-0.1, -0.05) is 19.4 Å². The Balaban J connectivity index is 1.70. The van der Waals surface area contributed by atoms with Gasteiger partial charge >= 0.3 is 0 Å². The third kappa shape index (κ3) is 19.9. The lowest BCUT2D eigenvalue weighted by Gasteiger charge is -2.43. The minimum absolute atomic E-state index is 0.0219. The van der Waals surface area contributed by atoms with Gasteiger partial charge < -0.3 is 65.8 Å².